The average Bonchev–Trinajstić information content (AvgIpc) is 1.80. The molecular formula is C11H21N. The van der Waals surface area contributed by atoms with E-state index in [9.17, 15) is 0 Å². The van der Waals surface area contributed by atoms with Gasteiger partial charge in [0, 0.05) is 5.54 Å². The molecule has 0 bridgehead atoms. The number of allylic oxidation sites excluding steroid dienone is 3. The molecular weight excluding hydrogens is 146 g/mol. The molecule has 0 aliphatic heterocycles. The summed E-state index contributed by atoms with van der Waals surface area (Å²) in [5.74, 6) is 0. The first-order valence-electron chi connectivity index (χ1n) is 4.40. The first-order valence-corrected chi connectivity index (χ1v) is 4.40. The predicted octanol–water partition coefficient (Wildman–Crippen LogP) is 3.24. The van der Waals surface area contributed by atoms with Crippen LogP contribution in [0.15, 0.2) is 23.4 Å². The van der Waals surface area contributed by atoms with E-state index in [0.717, 1.165) is 0 Å². The molecule has 0 aromatic heterocycles. The topological polar surface area (TPSA) is 12.0 Å². The molecule has 12 heavy (non-hydrogen) atoms. The Morgan fingerprint density at radius 2 is 1.58 bits per heavy atom. The standard InChI is InChI=1S/C11H21N/c1-9(2)7-10(3)8-12-11(4,5)6/h7-8,12H,1-6H3. The lowest BCUT2D eigenvalue weighted by atomic mass is 10.1. The summed E-state index contributed by atoms with van der Waals surface area (Å²) >= 11 is 0. The van der Waals surface area contributed by atoms with Crippen LogP contribution in [0, 0.1) is 0 Å². The second kappa shape index (κ2) is 4.34. The van der Waals surface area contributed by atoms with Crippen LogP contribution in [0.25, 0.3) is 0 Å². The molecule has 0 saturated heterocycles. The van der Waals surface area contributed by atoms with Crippen LogP contribution in [0.1, 0.15) is 41.5 Å². The highest BCUT2D eigenvalue weighted by Crippen LogP contribution is 2.03. The van der Waals surface area contributed by atoms with Crippen molar-refractivity contribution in [1.82, 2.24) is 5.32 Å². The van der Waals surface area contributed by atoms with E-state index in [1.54, 1.807) is 0 Å². The fourth-order valence-corrected chi connectivity index (χ4v) is 0.827. The van der Waals surface area contributed by atoms with E-state index in [0.29, 0.717) is 0 Å². The van der Waals surface area contributed by atoms with Crippen molar-refractivity contribution in [2.24, 2.45) is 0 Å². The Morgan fingerprint density at radius 1 is 1.08 bits per heavy atom. The van der Waals surface area contributed by atoms with E-state index in [4.69, 9.17) is 0 Å². The molecule has 0 unspecified atom stereocenters. The van der Waals surface area contributed by atoms with Gasteiger partial charge >= 0.3 is 0 Å². The molecule has 0 rings (SSSR count). The summed E-state index contributed by atoms with van der Waals surface area (Å²) in [5, 5.41) is 3.32. The Kier molecular flexibility index (Phi) is 4.08. The van der Waals surface area contributed by atoms with Crippen molar-refractivity contribution in [3.05, 3.63) is 23.4 Å². The van der Waals surface area contributed by atoms with Crippen LogP contribution >= 0.6 is 0 Å². The maximum atomic E-state index is 3.32. The minimum Gasteiger partial charge on any atom is -0.386 e. The molecule has 1 nitrogen and oxygen atoms in total. The summed E-state index contributed by atoms with van der Waals surface area (Å²) in [5.41, 5.74) is 2.76. The van der Waals surface area contributed by atoms with E-state index in [-0.39, 0.29) is 5.54 Å². The third-order valence-corrected chi connectivity index (χ3v) is 1.25. The van der Waals surface area contributed by atoms with Gasteiger partial charge in [-0.05, 0) is 53.3 Å². The normalized spacial score (nSPS) is 12.7. The van der Waals surface area contributed by atoms with Crippen molar-refractivity contribution < 1.29 is 0 Å². The molecule has 0 saturated carbocycles. The van der Waals surface area contributed by atoms with E-state index in [1.807, 2.05) is 0 Å². The Morgan fingerprint density at radius 3 is 1.92 bits per heavy atom. The maximum Gasteiger partial charge on any atom is 0.0284 e. The highest BCUT2D eigenvalue weighted by Gasteiger charge is 2.04. The van der Waals surface area contributed by atoms with Crippen LogP contribution in [-0.4, -0.2) is 5.54 Å². The smallest absolute Gasteiger partial charge is 0.0284 e. The molecule has 0 amide bonds. The van der Waals surface area contributed by atoms with Crippen LogP contribution in [0.2, 0.25) is 0 Å². The number of nitrogens with one attached hydrogen (secondary N) is 1. The monoisotopic (exact) mass is 167 g/mol. The fraction of sp³-hybridized carbons (Fsp3) is 0.636. The summed E-state index contributed by atoms with van der Waals surface area (Å²) in [4.78, 5) is 0. The maximum absolute atomic E-state index is 3.32. The van der Waals surface area contributed by atoms with Gasteiger partial charge in [0.05, 0.1) is 0 Å². The molecule has 0 radical (unpaired) electrons. The van der Waals surface area contributed by atoms with Crippen molar-refractivity contribution in [1.29, 1.82) is 0 Å². The van der Waals surface area contributed by atoms with Crippen molar-refractivity contribution in [3.8, 4) is 0 Å². The molecule has 0 aromatic carbocycles. The molecule has 0 aliphatic rings. The Bertz CT molecular complexity index is 188. The number of hydrogen-bond donors (Lipinski definition) is 1. The van der Waals surface area contributed by atoms with Gasteiger partial charge in [-0.15, -0.1) is 0 Å². The molecule has 0 spiro atoms. The third-order valence-electron chi connectivity index (χ3n) is 1.25. The predicted molar refractivity (Wildman–Crippen MR) is 56.1 cm³/mol. The first-order chi connectivity index (χ1) is 5.31. The Balaban J connectivity index is 4.12. The van der Waals surface area contributed by atoms with E-state index in [1.165, 1.54) is 11.1 Å². The van der Waals surface area contributed by atoms with E-state index in [2.05, 4.69) is 59.1 Å². The Labute approximate surface area is 76.6 Å². The van der Waals surface area contributed by atoms with Gasteiger partial charge in [-0.25, -0.2) is 0 Å². The average molecular weight is 167 g/mol. The minimum atomic E-state index is 0.163. The van der Waals surface area contributed by atoms with Gasteiger partial charge in [0.1, 0.15) is 0 Å². The van der Waals surface area contributed by atoms with Crippen molar-refractivity contribution in [2.75, 3.05) is 0 Å². The van der Waals surface area contributed by atoms with Crippen molar-refractivity contribution >= 4 is 0 Å². The fourth-order valence-electron chi connectivity index (χ4n) is 0.827. The molecule has 1 N–H and O–H groups in total. The number of hydrogen-bond acceptors (Lipinski definition) is 1. The lowest BCUT2D eigenvalue weighted by Gasteiger charge is -2.19. The summed E-state index contributed by atoms with van der Waals surface area (Å²) in [6.45, 7) is 12.8. The zero-order valence-corrected chi connectivity index (χ0v) is 9.15. The second-order valence-corrected chi connectivity index (χ2v) is 4.50. The summed E-state index contributed by atoms with van der Waals surface area (Å²) in [6.07, 6.45) is 4.23. The first kappa shape index (κ1) is 11.3. The van der Waals surface area contributed by atoms with Crippen LogP contribution in [0.5, 0.6) is 0 Å². The van der Waals surface area contributed by atoms with Crippen molar-refractivity contribution in [2.45, 2.75) is 47.1 Å². The van der Waals surface area contributed by atoms with E-state index < -0.39 is 0 Å². The molecule has 0 aromatic rings. The molecule has 0 atom stereocenters. The SMILES string of the molecule is CC(C)=CC(C)=CNC(C)(C)C. The van der Waals surface area contributed by atoms with E-state index >= 15 is 0 Å². The quantitative estimate of drug-likeness (QED) is 0.622. The minimum absolute atomic E-state index is 0.163. The van der Waals surface area contributed by atoms with Gasteiger partial charge in [-0.3, -0.25) is 0 Å². The van der Waals surface area contributed by atoms with Gasteiger partial charge in [0.2, 0.25) is 0 Å². The zero-order chi connectivity index (χ0) is 9.78. The molecule has 1 heteroatoms. The zero-order valence-electron chi connectivity index (χ0n) is 9.15. The number of rotatable bonds is 2. The van der Waals surface area contributed by atoms with Gasteiger partial charge in [-0.2, -0.15) is 0 Å². The molecule has 0 fully saturated rings. The largest absolute Gasteiger partial charge is 0.386 e. The van der Waals surface area contributed by atoms with Crippen molar-refractivity contribution in [3.63, 3.8) is 0 Å². The van der Waals surface area contributed by atoms with Crippen LogP contribution in [0.4, 0.5) is 0 Å². The highest BCUT2D eigenvalue weighted by molar-refractivity contribution is 5.19. The van der Waals surface area contributed by atoms with Crippen LogP contribution in [-0.2, 0) is 0 Å². The van der Waals surface area contributed by atoms with Crippen LogP contribution < -0.4 is 5.32 Å². The summed E-state index contributed by atoms with van der Waals surface area (Å²) in [7, 11) is 0. The molecule has 70 valence electrons. The van der Waals surface area contributed by atoms with Gasteiger partial charge in [0.15, 0.2) is 0 Å². The lowest BCUT2D eigenvalue weighted by molar-refractivity contribution is 0.490. The highest BCUT2D eigenvalue weighted by atomic mass is 14.9. The Hall–Kier alpha value is -0.720. The second-order valence-electron chi connectivity index (χ2n) is 4.50. The van der Waals surface area contributed by atoms with Crippen LogP contribution in [0.3, 0.4) is 0 Å². The molecule has 0 heterocycles. The third kappa shape index (κ3) is 7.39. The van der Waals surface area contributed by atoms with Gasteiger partial charge < -0.3 is 5.32 Å². The lowest BCUT2D eigenvalue weighted by Crippen LogP contribution is -2.31. The summed E-state index contributed by atoms with van der Waals surface area (Å²) in [6, 6.07) is 0. The van der Waals surface area contributed by atoms with Gasteiger partial charge in [0.25, 0.3) is 0 Å². The molecule has 0 aliphatic carbocycles. The van der Waals surface area contributed by atoms with Gasteiger partial charge in [-0.1, -0.05) is 11.6 Å². The summed E-state index contributed by atoms with van der Waals surface area (Å²) < 4.78 is 0.